The largest absolute Gasteiger partial charge is 0.307 e. The van der Waals surface area contributed by atoms with Gasteiger partial charge in [0.05, 0.1) is 22.5 Å². The zero-order valence-corrected chi connectivity index (χ0v) is 61.2. The normalized spacial score (nSPS) is 13.6. The van der Waals surface area contributed by atoms with Crippen molar-refractivity contribution in [3.05, 3.63) is 166 Å². The smallest absolute Gasteiger partial charge is 0.260 e. The molecule has 2 unspecified atom stereocenters. The molecular weight excluding hydrogens is 1190 g/mol. The molecule has 0 saturated heterocycles. The summed E-state index contributed by atoms with van der Waals surface area (Å²) in [4.78, 5) is 40.9. The molecule has 2 amide bonds. The summed E-state index contributed by atoms with van der Waals surface area (Å²) in [6.45, 7) is 10.6. The van der Waals surface area contributed by atoms with Crippen LogP contribution in [0.1, 0.15) is 288 Å². The zero-order chi connectivity index (χ0) is 66.1. The number of rotatable bonds is 49. The second kappa shape index (κ2) is 41.4. The van der Waals surface area contributed by atoms with Crippen LogP contribution in [-0.4, -0.2) is 24.9 Å². The van der Waals surface area contributed by atoms with E-state index in [1.165, 1.54) is 247 Å². The molecule has 4 heterocycles. The van der Waals surface area contributed by atoms with Gasteiger partial charge in [-0.2, -0.15) is 0 Å². The summed E-state index contributed by atoms with van der Waals surface area (Å²) in [5.74, 6) is 1.03. The van der Waals surface area contributed by atoms with E-state index >= 15 is 9.59 Å². The Kier molecular flexibility index (Phi) is 32.0. The first-order chi connectivity index (χ1) is 46.9. The highest BCUT2D eigenvalue weighted by atomic mass is 32.1. The van der Waals surface area contributed by atoms with Gasteiger partial charge in [0, 0.05) is 43.0 Å². The average molecular weight is 1310 g/mol. The van der Waals surface area contributed by atoms with E-state index in [0.717, 1.165) is 89.3 Å². The summed E-state index contributed by atoms with van der Waals surface area (Å²) in [6.07, 6.45) is 50.4. The summed E-state index contributed by atoms with van der Waals surface area (Å²) < 4.78 is 0. The number of hydrogen-bond donors (Lipinski definition) is 0. The van der Waals surface area contributed by atoms with Crippen LogP contribution in [0.3, 0.4) is 0 Å². The molecule has 7 aromatic rings. The first-order valence-corrected chi connectivity index (χ1v) is 40.6. The van der Waals surface area contributed by atoms with Crippen LogP contribution in [0.15, 0.2) is 146 Å². The minimum absolute atomic E-state index is 0.120. The van der Waals surface area contributed by atoms with E-state index < -0.39 is 0 Å². The van der Waals surface area contributed by atoms with Gasteiger partial charge in [-0.1, -0.05) is 362 Å². The number of hydrogen-bond acceptors (Lipinski definition) is 4. The minimum Gasteiger partial charge on any atom is -0.307 e. The van der Waals surface area contributed by atoms with Gasteiger partial charge in [-0.3, -0.25) is 9.59 Å². The Hall–Kier alpha value is -5.82. The van der Waals surface area contributed by atoms with Gasteiger partial charge in [0.2, 0.25) is 0 Å². The first-order valence-electron chi connectivity index (χ1n) is 39.0. The van der Waals surface area contributed by atoms with Crippen molar-refractivity contribution in [1.29, 1.82) is 0 Å². The Balaban J connectivity index is 1.09. The molecule has 2 atom stereocenters. The minimum atomic E-state index is 0.120. The maximum Gasteiger partial charge on any atom is 0.260 e. The van der Waals surface area contributed by atoms with Crippen LogP contribution in [0.2, 0.25) is 0 Å². The van der Waals surface area contributed by atoms with E-state index in [4.69, 9.17) is 0 Å². The van der Waals surface area contributed by atoms with Gasteiger partial charge >= 0.3 is 0 Å². The van der Waals surface area contributed by atoms with E-state index in [2.05, 4.69) is 183 Å². The van der Waals surface area contributed by atoms with Crippen LogP contribution in [-0.2, 0) is 9.59 Å². The average Bonchev–Trinajstić information content (AvgIpc) is 1.57. The number of anilines is 2. The van der Waals surface area contributed by atoms with Crippen molar-refractivity contribution in [2.24, 2.45) is 11.8 Å². The van der Waals surface area contributed by atoms with Crippen molar-refractivity contribution in [3.8, 4) is 43.1 Å². The maximum atomic E-state index is 16.1. The molecule has 0 N–H and O–H groups in total. The molecule has 95 heavy (non-hydrogen) atoms. The summed E-state index contributed by atoms with van der Waals surface area (Å²) in [7, 11) is 0. The van der Waals surface area contributed by atoms with Gasteiger partial charge in [-0.15, -0.1) is 22.7 Å². The Morgan fingerprint density at radius 2 is 0.516 bits per heavy atom. The third-order valence-electron chi connectivity index (χ3n) is 20.9. The summed E-state index contributed by atoms with van der Waals surface area (Å²) in [5.41, 5.74) is 10.7. The van der Waals surface area contributed by atoms with Crippen LogP contribution in [0.25, 0.3) is 54.3 Å². The lowest BCUT2D eigenvalue weighted by Crippen LogP contribution is -2.35. The molecule has 2 aromatic heterocycles. The van der Waals surface area contributed by atoms with E-state index in [0.29, 0.717) is 24.9 Å². The van der Waals surface area contributed by atoms with Crippen molar-refractivity contribution in [3.63, 3.8) is 0 Å². The van der Waals surface area contributed by atoms with Gasteiger partial charge in [0.25, 0.3) is 11.8 Å². The molecule has 6 heteroatoms. The molecule has 0 aliphatic carbocycles. The molecule has 5 aromatic carbocycles. The zero-order valence-electron chi connectivity index (χ0n) is 59.5. The Morgan fingerprint density at radius 3 is 0.800 bits per heavy atom. The fourth-order valence-corrected chi connectivity index (χ4v) is 17.2. The van der Waals surface area contributed by atoms with Gasteiger partial charge in [0.1, 0.15) is 0 Å². The predicted molar refractivity (Wildman–Crippen MR) is 416 cm³/mol. The SMILES string of the molecule is CCCCCCCCCCCCC(CCCCCCCCCC)CN1C(=O)C(c2ccc(-c3ccc(-c4ccccc4)cc3)s2)=c2cc3c(cc21)=C(c1ccc(-c2ccc(-c4ccccc4)cc2)s1)C(=O)N3CC(CCCCCCCCCC)CCCCCCCCCCC. The topological polar surface area (TPSA) is 40.6 Å². The Labute approximate surface area is 584 Å². The lowest BCUT2D eigenvalue weighted by atomic mass is 9.93. The third-order valence-corrected chi connectivity index (χ3v) is 23.2. The second-order valence-corrected chi connectivity index (χ2v) is 30.7. The highest BCUT2D eigenvalue weighted by Gasteiger charge is 2.38. The number of benzene rings is 5. The fraction of sp³-hybridized carbons (Fsp3) is 0.528. The van der Waals surface area contributed by atoms with E-state index in [-0.39, 0.29) is 11.8 Å². The molecular formula is C89H120N2O2S2. The first kappa shape index (κ1) is 73.4. The number of fused-ring (bicyclic) bond motifs is 2. The summed E-state index contributed by atoms with van der Waals surface area (Å²) in [6, 6.07) is 52.7. The third kappa shape index (κ3) is 22.3. The number of carbonyl (C=O) groups excluding carboxylic acids is 2. The quantitative estimate of drug-likeness (QED) is 0.0357. The molecule has 510 valence electrons. The molecule has 0 radical (unpaired) electrons. The predicted octanol–water partition coefficient (Wildman–Crippen LogP) is 26.1. The van der Waals surface area contributed by atoms with Crippen molar-refractivity contribution in [1.82, 2.24) is 0 Å². The molecule has 0 spiro atoms. The van der Waals surface area contributed by atoms with Crippen molar-refractivity contribution in [2.75, 3.05) is 22.9 Å². The van der Waals surface area contributed by atoms with Crippen LogP contribution in [0.4, 0.5) is 11.4 Å². The van der Waals surface area contributed by atoms with Crippen molar-refractivity contribution >= 4 is 57.0 Å². The number of unbranched alkanes of at least 4 members (excludes halogenated alkanes) is 31. The fourth-order valence-electron chi connectivity index (χ4n) is 15.1. The molecule has 4 nitrogen and oxygen atoms in total. The molecule has 2 aliphatic rings. The van der Waals surface area contributed by atoms with Gasteiger partial charge in [-0.05, 0) is 107 Å². The highest BCUT2D eigenvalue weighted by molar-refractivity contribution is 7.17. The number of thiophene rings is 2. The van der Waals surface area contributed by atoms with Gasteiger partial charge in [0.15, 0.2) is 0 Å². The molecule has 0 fully saturated rings. The monoisotopic (exact) mass is 1310 g/mol. The van der Waals surface area contributed by atoms with E-state index in [1.807, 2.05) is 0 Å². The summed E-state index contributed by atoms with van der Waals surface area (Å²) in [5, 5.41) is 1.99. The highest BCUT2D eigenvalue weighted by Crippen LogP contribution is 2.41. The molecule has 0 saturated carbocycles. The number of carbonyl (C=O) groups is 2. The maximum absolute atomic E-state index is 16.1. The van der Waals surface area contributed by atoms with E-state index in [1.54, 1.807) is 22.7 Å². The standard InChI is InChI=1S/C89H120N2O2S2/c1-5-9-13-17-21-25-27-31-35-41-49-71(47-39-33-29-24-20-16-12-8-4)69-91-81-67-78-80(66-79(81)87(89(91)93)85-65-63-83(95-85)77-60-56-75(57-61-77)73-52-44-37-45-53-73)90(68-70(46-38-32-28-23-19-15-11-7-3)48-40-34-30-26-22-18-14-10-6-2)88(92)86(78)84-64-62-82(94-84)76-58-54-74(55-59-76)72-50-42-36-43-51-72/h36-37,42-45,50-67,70-71H,5-35,38-41,46-49,68-69H2,1-4H3. The molecule has 2 aliphatic heterocycles. The lowest BCUT2D eigenvalue weighted by Gasteiger charge is -2.27. The molecule has 9 rings (SSSR count). The van der Waals surface area contributed by atoms with Crippen LogP contribution < -0.4 is 20.2 Å². The molecule has 0 bridgehead atoms. The van der Waals surface area contributed by atoms with Crippen molar-refractivity contribution in [2.45, 2.75) is 278 Å². The van der Waals surface area contributed by atoms with Crippen LogP contribution in [0.5, 0.6) is 0 Å². The van der Waals surface area contributed by atoms with Crippen LogP contribution >= 0.6 is 22.7 Å². The lowest BCUT2D eigenvalue weighted by molar-refractivity contribution is -0.114. The Bertz CT molecular complexity index is 3450. The Morgan fingerprint density at radius 1 is 0.274 bits per heavy atom. The van der Waals surface area contributed by atoms with Gasteiger partial charge in [-0.25, -0.2) is 0 Å². The van der Waals surface area contributed by atoms with Crippen LogP contribution in [0, 0.1) is 11.8 Å². The van der Waals surface area contributed by atoms with Crippen molar-refractivity contribution < 1.29 is 9.59 Å². The second-order valence-electron chi connectivity index (χ2n) is 28.5. The number of amides is 2. The number of nitrogens with zero attached hydrogens (tertiary/aromatic N) is 2. The van der Waals surface area contributed by atoms with Gasteiger partial charge < -0.3 is 9.80 Å². The summed E-state index contributed by atoms with van der Waals surface area (Å²) >= 11 is 3.48. The van der Waals surface area contributed by atoms with E-state index in [9.17, 15) is 0 Å².